The van der Waals surface area contributed by atoms with Gasteiger partial charge in [-0.05, 0) is 18.9 Å². The van der Waals surface area contributed by atoms with Crippen LogP contribution in [0.3, 0.4) is 0 Å². The molecular weight excluding hydrogens is 402 g/mol. The summed E-state index contributed by atoms with van der Waals surface area (Å²) < 4.78 is 0. The van der Waals surface area contributed by atoms with E-state index in [0.29, 0.717) is 44.7 Å². The first-order chi connectivity index (χ1) is 14.8. The van der Waals surface area contributed by atoms with E-state index in [0.717, 1.165) is 17.7 Å². The molecule has 0 aliphatic carbocycles. The van der Waals surface area contributed by atoms with Crippen molar-refractivity contribution in [2.45, 2.75) is 45.1 Å². The Morgan fingerprint density at radius 1 is 1.10 bits per heavy atom. The lowest BCUT2D eigenvalue weighted by Crippen LogP contribution is -2.52. The zero-order chi connectivity index (χ0) is 22.6. The number of nitro benzene ring substituents is 1. The monoisotopic (exact) mass is 431 g/mol. The zero-order valence-corrected chi connectivity index (χ0v) is 18.0. The fourth-order valence-corrected chi connectivity index (χ4v) is 4.46. The summed E-state index contributed by atoms with van der Waals surface area (Å²) in [4.78, 5) is 53.6. The molecule has 2 saturated heterocycles. The van der Waals surface area contributed by atoms with Crippen LogP contribution in [0, 0.1) is 10.1 Å². The highest BCUT2D eigenvalue weighted by Crippen LogP contribution is 2.29. The van der Waals surface area contributed by atoms with E-state index in [1.54, 1.807) is 23.1 Å². The topological polar surface area (TPSA) is 116 Å². The molecule has 1 N–H and O–H groups in total. The van der Waals surface area contributed by atoms with Crippen LogP contribution in [0.15, 0.2) is 24.3 Å². The maximum Gasteiger partial charge on any atom is 0.325 e. The summed E-state index contributed by atoms with van der Waals surface area (Å²) in [5, 5.41) is 14.1. The average Bonchev–Trinajstić information content (AvgIpc) is 2.98. The minimum Gasteiger partial charge on any atom is -0.362 e. The van der Waals surface area contributed by atoms with E-state index >= 15 is 0 Å². The minimum atomic E-state index is -0.911. The molecule has 2 fully saturated rings. The number of hydrogen-bond donors (Lipinski definition) is 1. The number of urea groups is 1. The molecule has 0 radical (unpaired) electrons. The Morgan fingerprint density at radius 3 is 2.29 bits per heavy atom. The number of nitrogens with one attached hydrogen (secondary N) is 1. The Labute approximate surface area is 181 Å². The largest absolute Gasteiger partial charge is 0.362 e. The molecule has 1 aromatic carbocycles. The van der Waals surface area contributed by atoms with Crippen molar-refractivity contribution in [3.05, 3.63) is 34.4 Å². The summed E-state index contributed by atoms with van der Waals surface area (Å²) in [5.74, 6) is -0.623. The van der Waals surface area contributed by atoms with Gasteiger partial charge in [0.05, 0.1) is 4.92 Å². The van der Waals surface area contributed by atoms with E-state index in [1.165, 1.54) is 6.07 Å². The molecule has 0 spiro atoms. The van der Waals surface area contributed by atoms with Crippen molar-refractivity contribution in [1.29, 1.82) is 0 Å². The van der Waals surface area contributed by atoms with Crippen molar-refractivity contribution in [1.82, 2.24) is 15.1 Å². The predicted molar refractivity (Wildman–Crippen MR) is 115 cm³/mol. The summed E-state index contributed by atoms with van der Waals surface area (Å²) in [7, 11) is 0. The number of imide groups is 1. The van der Waals surface area contributed by atoms with Crippen LogP contribution in [-0.4, -0.2) is 70.8 Å². The molecule has 0 bridgehead atoms. The van der Waals surface area contributed by atoms with E-state index in [4.69, 9.17) is 0 Å². The van der Waals surface area contributed by atoms with Crippen molar-refractivity contribution in [3.63, 3.8) is 0 Å². The zero-order valence-electron chi connectivity index (χ0n) is 18.0. The molecule has 3 rings (SSSR count). The number of nitrogens with zero attached hydrogens (tertiary/aromatic N) is 4. The third-order valence-corrected chi connectivity index (χ3v) is 5.94. The molecule has 2 heterocycles. The molecule has 0 atom stereocenters. The second-order valence-electron chi connectivity index (χ2n) is 8.02. The van der Waals surface area contributed by atoms with E-state index in [1.807, 2.05) is 18.7 Å². The lowest BCUT2D eigenvalue weighted by molar-refractivity contribution is -0.384. The molecule has 4 amide bonds. The molecule has 2 aliphatic heterocycles. The number of rotatable bonds is 8. The van der Waals surface area contributed by atoms with Gasteiger partial charge in [0.25, 0.3) is 11.6 Å². The van der Waals surface area contributed by atoms with E-state index < -0.39 is 16.5 Å². The SMILES string of the molecule is CCCC1(CCC)NC(=O)N(CC(=O)N2CCN(c3ccccc3[N+](=O)[O-])CC2)C1=O. The maximum absolute atomic E-state index is 13.0. The number of benzene rings is 1. The van der Waals surface area contributed by atoms with Gasteiger partial charge in [-0.3, -0.25) is 24.6 Å². The van der Waals surface area contributed by atoms with Crippen molar-refractivity contribution in [2.75, 3.05) is 37.6 Å². The third kappa shape index (κ3) is 4.47. The predicted octanol–water partition coefficient (Wildman–Crippen LogP) is 2.13. The van der Waals surface area contributed by atoms with Gasteiger partial charge in [0.2, 0.25) is 5.91 Å². The van der Waals surface area contributed by atoms with Gasteiger partial charge in [0.15, 0.2) is 0 Å². The molecule has 0 saturated carbocycles. The number of anilines is 1. The smallest absolute Gasteiger partial charge is 0.325 e. The molecule has 10 heteroatoms. The minimum absolute atomic E-state index is 0.0322. The highest BCUT2D eigenvalue weighted by atomic mass is 16.6. The quantitative estimate of drug-likeness (QED) is 0.383. The molecule has 0 aromatic heterocycles. The molecule has 1 aromatic rings. The van der Waals surface area contributed by atoms with Crippen molar-refractivity contribution in [2.24, 2.45) is 0 Å². The van der Waals surface area contributed by atoms with Gasteiger partial charge in [0, 0.05) is 32.2 Å². The third-order valence-electron chi connectivity index (χ3n) is 5.94. The van der Waals surface area contributed by atoms with Gasteiger partial charge < -0.3 is 15.1 Å². The molecule has 31 heavy (non-hydrogen) atoms. The summed E-state index contributed by atoms with van der Waals surface area (Å²) in [5.41, 5.74) is -0.353. The van der Waals surface area contributed by atoms with E-state index in [-0.39, 0.29) is 24.0 Å². The molecular formula is C21H29N5O5. The molecule has 168 valence electrons. The van der Waals surface area contributed by atoms with Crippen LogP contribution in [0.2, 0.25) is 0 Å². The van der Waals surface area contributed by atoms with Gasteiger partial charge in [-0.15, -0.1) is 0 Å². The Balaban J connectivity index is 1.62. The first kappa shape index (κ1) is 22.5. The normalized spacial score (nSPS) is 18.3. The summed E-state index contributed by atoms with van der Waals surface area (Å²) in [6.07, 6.45) is 2.60. The van der Waals surface area contributed by atoms with Gasteiger partial charge in [0.1, 0.15) is 17.8 Å². The number of piperazine rings is 1. The van der Waals surface area contributed by atoms with Crippen LogP contribution < -0.4 is 10.2 Å². The number of amides is 4. The first-order valence-electron chi connectivity index (χ1n) is 10.7. The highest BCUT2D eigenvalue weighted by molar-refractivity contribution is 6.09. The van der Waals surface area contributed by atoms with E-state index in [9.17, 15) is 24.5 Å². The summed E-state index contributed by atoms with van der Waals surface area (Å²) >= 11 is 0. The fourth-order valence-electron chi connectivity index (χ4n) is 4.46. The maximum atomic E-state index is 13.0. The Hall–Kier alpha value is -3.17. The van der Waals surface area contributed by atoms with Gasteiger partial charge in [-0.25, -0.2) is 4.79 Å². The Kier molecular flexibility index (Phi) is 6.77. The van der Waals surface area contributed by atoms with Crippen LogP contribution in [-0.2, 0) is 9.59 Å². The number of nitro groups is 1. The van der Waals surface area contributed by atoms with Gasteiger partial charge in [-0.2, -0.15) is 0 Å². The molecule has 0 unspecified atom stereocenters. The van der Waals surface area contributed by atoms with Crippen LogP contribution >= 0.6 is 0 Å². The lowest BCUT2D eigenvalue weighted by Gasteiger charge is -2.36. The summed E-state index contributed by atoms with van der Waals surface area (Å²) in [6.45, 7) is 5.24. The van der Waals surface area contributed by atoms with Gasteiger partial charge in [-0.1, -0.05) is 38.8 Å². The Bertz CT molecular complexity index is 859. The highest BCUT2D eigenvalue weighted by Gasteiger charge is 2.50. The number of carbonyl (C=O) groups is 3. The standard InChI is InChI=1S/C21H29N5O5/c1-3-9-21(10-4-2)19(28)25(20(29)22-21)15-18(27)24-13-11-23(12-14-24)16-7-5-6-8-17(16)26(30)31/h5-8H,3-4,9-15H2,1-2H3,(H,22,29). The second kappa shape index (κ2) is 9.32. The fraction of sp³-hybridized carbons (Fsp3) is 0.571. The van der Waals surface area contributed by atoms with Crippen LogP contribution in [0.1, 0.15) is 39.5 Å². The van der Waals surface area contributed by atoms with Crippen molar-refractivity contribution < 1.29 is 19.3 Å². The van der Waals surface area contributed by atoms with E-state index in [2.05, 4.69) is 5.32 Å². The Morgan fingerprint density at radius 2 is 1.71 bits per heavy atom. The van der Waals surface area contributed by atoms with Crippen molar-refractivity contribution in [3.8, 4) is 0 Å². The van der Waals surface area contributed by atoms with Crippen LogP contribution in [0.25, 0.3) is 0 Å². The number of para-hydroxylation sites is 2. The average molecular weight is 431 g/mol. The molecule has 2 aliphatic rings. The number of carbonyl (C=O) groups excluding carboxylic acids is 3. The summed E-state index contributed by atoms with van der Waals surface area (Å²) in [6, 6.07) is 6.01. The van der Waals surface area contributed by atoms with Crippen molar-refractivity contribution >= 4 is 29.2 Å². The van der Waals surface area contributed by atoms with Crippen LogP contribution in [0.5, 0.6) is 0 Å². The lowest BCUT2D eigenvalue weighted by atomic mass is 9.88. The molecule has 10 nitrogen and oxygen atoms in total. The van der Waals surface area contributed by atoms with Gasteiger partial charge >= 0.3 is 6.03 Å². The second-order valence-corrected chi connectivity index (χ2v) is 8.02. The van der Waals surface area contributed by atoms with Crippen LogP contribution in [0.4, 0.5) is 16.2 Å². The number of hydrogen-bond acceptors (Lipinski definition) is 6. The first-order valence-corrected chi connectivity index (χ1v) is 10.7.